The molecule has 2 aliphatic rings. The summed E-state index contributed by atoms with van der Waals surface area (Å²) in [6.07, 6.45) is 5.71. The van der Waals surface area contributed by atoms with E-state index >= 15 is 0 Å². The molecule has 3 rings (SSSR count). The summed E-state index contributed by atoms with van der Waals surface area (Å²) in [6.45, 7) is 3.72. The van der Waals surface area contributed by atoms with E-state index in [1.165, 1.54) is 30.5 Å². The Kier molecular flexibility index (Phi) is 3.76. The molecular formula is C16H24N2O. The predicted octanol–water partition coefficient (Wildman–Crippen LogP) is 2.34. The molecule has 0 spiro atoms. The van der Waals surface area contributed by atoms with Gasteiger partial charge < -0.3 is 15.4 Å². The minimum Gasteiger partial charge on any atom is -0.381 e. The van der Waals surface area contributed by atoms with Crippen molar-refractivity contribution in [2.75, 3.05) is 31.2 Å². The van der Waals surface area contributed by atoms with Crippen molar-refractivity contribution in [3.8, 4) is 0 Å². The fourth-order valence-electron chi connectivity index (χ4n) is 3.25. The summed E-state index contributed by atoms with van der Waals surface area (Å²) in [6, 6.07) is 8.81. The van der Waals surface area contributed by atoms with Crippen LogP contribution in [0.15, 0.2) is 24.3 Å². The van der Waals surface area contributed by atoms with Crippen molar-refractivity contribution < 1.29 is 4.74 Å². The highest BCUT2D eigenvalue weighted by atomic mass is 16.5. The fourth-order valence-corrected chi connectivity index (χ4v) is 3.25. The Hall–Kier alpha value is -1.06. The first-order chi connectivity index (χ1) is 9.27. The van der Waals surface area contributed by atoms with E-state index in [0.717, 1.165) is 39.1 Å². The highest BCUT2D eigenvalue weighted by Crippen LogP contribution is 2.29. The van der Waals surface area contributed by atoms with E-state index in [-0.39, 0.29) is 5.54 Å². The molecule has 0 bridgehead atoms. The van der Waals surface area contributed by atoms with E-state index in [0.29, 0.717) is 0 Å². The molecule has 0 amide bonds. The van der Waals surface area contributed by atoms with Gasteiger partial charge in [0, 0.05) is 37.5 Å². The SMILES string of the molecule is NC1(CN2CCCCc3ccccc32)CCOCC1. The highest BCUT2D eigenvalue weighted by Gasteiger charge is 2.31. The van der Waals surface area contributed by atoms with Crippen LogP contribution in [0.25, 0.3) is 0 Å². The molecule has 104 valence electrons. The van der Waals surface area contributed by atoms with Gasteiger partial charge >= 0.3 is 0 Å². The van der Waals surface area contributed by atoms with Gasteiger partial charge in [-0.05, 0) is 43.7 Å². The highest BCUT2D eigenvalue weighted by molar-refractivity contribution is 5.54. The summed E-state index contributed by atoms with van der Waals surface area (Å²) in [5.41, 5.74) is 9.38. The Balaban J connectivity index is 1.80. The van der Waals surface area contributed by atoms with Gasteiger partial charge in [0.2, 0.25) is 0 Å². The normalized spacial score (nSPS) is 22.7. The molecule has 0 radical (unpaired) electrons. The topological polar surface area (TPSA) is 38.5 Å². The van der Waals surface area contributed by atoms with Gasteiger partial charge in [-0.2, -0.15) is 0 Å². The number of nitrogens with two attached hydrogens (primary N) is 1. The Bertz CT molecular complexity index is 427. The van der Waals surface area contributed by atoms with Crippen LogP contribution in [-0.2, 0) is 11.2 Å². The lowest BCUT2D eigenvalue weighted by Crippen LogP contribution is -2.53. The molecule has 1 fully saturated rings. The van der Waals surface area contributed by atoms with Gasteiger partial charge in [0.15, 0.2) is 0 Å². The van der Waals surface area contributed by atoms with Crippen molar-refractivity contribution in [2.24, 2.45) is 5.73 Å². The minimum absolute atomic E-state index is 0.0737. The number of aryl methyl sites for hydroxylation is 1. The third kappa shape index (κ3) is 2.93. The average Bonchev–Trinajstić information content (AvgIpc) is 2.62. The number of nitrogens with zero attached hydrogens (tertiary/aromatic N) is 1. The molecule has 2 heterocycles. The lowest BCUT2D eigenvalue weighted by atomic mass is 9.90. The van der Waals surface area contributed by atoms with Crippen molar-refractivity contribution in [3.63, 3.8) is 0 Å². The van der Waals surface area contributed by atoms with Gasteiger partial charge in [-0.25, -0.2) is 0 Å². The Morgan fingerprint density at radius 3 is 2.79 bits per heavy atom. The number of benzene rings is 1. The number of fused-ring (bicyclic) bond motifs is 1. The summed E-state index contributed by atoms with van der Waals surface area (Å²) < 4.78 is 5.45. The summed E-state index contributed by atoms with van der Waals surface area (Å²) in [4.78, 5) is 2.51. The van der Waals surface area contributed by atoms with Gasteiger partial charge in [-0.1, -0.05) is 18.2 Å². The Morgan fingerprint density at radius 1 is 1.16 bits per heavy atom. The molecule has 3 heteroatoms. The number of hydrogen-bond acceptors (Lipinski definition) is 3. The van der Waals surface area contributed by atoms with Crippen LogP contribution in [0.1, 0.15) is 31.2 Å². The van der Waals surface area contributed by atoms with E-state index in [1.54, 1.807) is 0 Å². The lowest BCUT2D eigenvalue weighted by molar-refractivity contribution is 0.0554. The van der Waals surface area contributed by atoms with Gasteiger partial charge in [-0.15, -0.1) is 0 Å². The quantitative estimate of drug-likeness (QED) is 0.887. The Labute approximate surface area is 115 Å². The molecule has 0 unspecified atom stereocenters. The predicted molar refractivity (Wildman–Crippen MR) is 78.6 cm³/mol. The van der Waals surface area contributed by atoms with Crippen molar-refractivity contribution in [1.82, 2.24) is 0 Å². The minimum atomic E-state index is -0.0737. The first kappa shape index (κ1) is 12.9. The third-order valence-electron chi connectivity index (χ3n) is 4.45. The van der Waals surface area contributed by atoms with Crippen LogP contribution in [0, 0.1) is 0 Å². The fraction of sp³-hybridized carbons (Fsp3) is 0.625. The van der Waals surface area contributed by atoms with Crippen LogP contribution in [-0.4, -0.2) is 31.8 Å². The maximum Gasteiger partial charge on any atom is 0.0484 e. The molecule has 0 aliphatic carbocycles. The smallest absolute Gasteiger partial charge is 0.0484 e. The van der Waals surface area contributed by atoms with E-state index in [1.807, 2.05) is 0 Å². The second-order valence-corrected chi connectivity index (χ2v) is 5.98. The molecule has 1 aromatic carbocycles. The van der Waals surface area contributed by atoms with Crippen LogP contribution < -0.4 is 10.6 Å². The Morgan fingerprint density at radius 2 is 1.95 bits per heavy atom. The first-order valence-electron chi connectivity index (χ1n) is 7.46. The number of para-hydroxylation sites is 1. The molecule has 2 aliphatic heterocycles. The molecular weight excluding hydrogens is 236 g/mol. The van der Waals surface area contributed by atoms with E-state index in [2.05, 4.69) is 29.2 Å². The zero-order valence-corrected chi connectivity index (χ0v) is 11.6. The summed E-state index contributed by atoms with van der Waals surface area (Å²) >= 11 is 0. The van der Waals surface area contributed by atoms with Crippen molar-refractivity contribution in [3.05, 3.63) is 29.8 Å². The molecule has 1 aromatic rings. The maximum absolute atomic E-state index is 6.58. The summed E-state index contributed by atoms with van der Waals surface area (Å²) in [5, 5.41) is 0. The van der Waals surface area contributed by atoms with Crippen LogP contribution >= 0.6 is 0 Å². The second kappa shape index (κ2) is 5.51. The van der Waals surface area contributed by atoms with Gasteiger partial charge in [0.25, 0.3) is 0 Å². The van der Waals surface area contributed by atoms with E-state index in [9.17, 15) is 0 Å². The van der Waals surface area contributed by atoms with Gasteiger partial charge in [0.05, 0.1) is 0 Å². The molecule has 2 N–H and O–H groups in total. The zero-order valence-electron chi connectivity index (χ0n) is 11.6. The monoisotopic (exact) mass is 260 g/mol. The summed E-state index contributed by atoms with van der Waals surface area (Å²) in [5.74, 6) is 0. The van der Waals surface area contributed by atoms with E-state index in [4.69, 9.17) is 10.5 Å². The van der Waals surface area contributed by atoms with Crippen LogP contribution in [0.2, 0.25) is 0 Å². The molecule has 0 atom stereocenters. The standard InChI is InChI=1S/C16H24N2O/c17-16(8-11-19-12-9-16)13-18-10-4-3-6-14-5-1-2-7-15(14)18/h1-2,5,7H,3-4,6,8-13,17H2. The van der Waals surface area contributed by atoms with Crippen LogP contribution in [0.4, 0.5) is 5.69 Å². The largest absolute Gasteiger partial charge is 0.381 e. The number of ether oxygens (including phenoxy) is 1. The summed E-state index contributed by atoms with van der Waals surface area (Å²) in [7, 11) is 0. The van der Waals surface area contributed by atoms with Crippen LogP contribution in [0.5, 0.6) is 0 Å². The molecule has 1 saturated heterocycles. The number of rotatable bonds is 2. The number of hydrogen-bond donors (Lipinski definition) is 1. The van der Waals surface area contributed by atoms with E-state index < -0.39 is 0 Å². The second-order valence-electron chi connectivity index (χ2n) is 5.98. The van der Waals surface area contributed by atoms with Crippen molar-refractivity contribution in [2.45, 2.75) is 37.6 Å². The molecule has 0 aromatic heterocycles. The maximum atomic E-state index is 6.58. The van der Waals surface area contributed by atoms with Crippen molar-refractivity contribution in [1.29, 1.82) is 0 Å². The van der Waals surface area contributed by atoms with Crippen molar-refractivity contribution >= 4 is 5.69 Å². The molecule has 19 heavy (non-hydrogen) atoms. The molecule has 0 saturated carbocycles. The molecule has 3 nitrogen and oxygen atoms in total. The average molecular weight is 260 g/mol. The van der Waals surface area contributed by atoms with Gasteiger partial charge in [-0.3, -0.25) is 0 Å². The zero-order chi connectivity index (χ0) is 13.1. The number of anilines is 1. The van der Waals surface area contributed by atoms with Gasteiger partial charge in [0.1, 0.15) is 0 Å². The third-order valence-corrected chi connectivity index (χ3v) is 4.45. The first-order valence-corrected chi connectivity index (χ1v) is 7.46. The van der Waals surface area contributed by atoms with Crippen LogP contribution in [0.3, 0.4) is 0 Å². The lowest BCUT2D eigenvalue weighted by Gasteiger charge is -2.39.